The molecule has 1 aromatic carbocycles. The van der Waals surface area contributed by atoms with Gasteiger partial charge in [0.1, 0.15) is 29.7 Å². The fourth-order valence-corrected chi connectivity index (χ4v) is 5.75. The van der Waals surface area contributed by atoms with Crippen LogP contribution in [-0.4, -0.2) is 68.0 Å². The summed E-state index contributed by atoms with van der Waals surface area (Å²) in [6.07, 6.45) is 7.33. The summed E-state index contributed by atoms with van der Waals surface area (Å²) in [5.41, 5.74) is 3.19. The first-order valence-corrected chi connectivity index (χ1v) is 12.8. The Balaban J connectivity index is 1.31. The zero-order valence-corrected chi connectivity index (χ0v) is 20.6. The standard InChI is InChI=1S/C26H35N7O/c1-18(2)33-26(27-19(3)29-33)23-17-31-13-14-34-24-15-20(8-9-22(24)25(31)28-23)32-12-6-7-21(32)16-30-10-4-5-11-30/h8-9,15,17-18,21H,4-7,10-14,16H2,1-3H3. The highest BCUT2D eigenvalue weighted by atomic mass is 16.5. The Hall–Kier alpha value is -2.87. The first-order chi connectivity index (χ1) is 16.6. The van der Waals surface area contributed by atoms with Gasteiger partial charge in [-0.15, -0.1) is 0 Å². The average Bonchev–Trinajstić information content (AvgIpc) is 3.61. The maximum Gasteiger partial charge on any atom is 0.178 e. The van der Waals surface area contributed by atoms with Crippen LogP contribution in [0.1, 0.15) is 51.4 Å². The molecule has 0 radical (unpaired) electrons. The SMILES string of the molecule is Cc1nc(-c2cn3c(n2)-c2ccc(N4CCCC4CN4CCCC4)cc2OCC3)n(C(C)C)n1. The van der Waals surface area contributed by atoms with Gasteiger partial charge in [0.2, 0.25) is 0 Å². The molecule has 34 heavy (non-hydrogen) atoms. The molecule has 8 nitrogen and oxygen atoms in total. The van der Waals surface area contributed by atoms with E-state index in [1.54, 1.807) is 0 Å². The van der Waals surface area contributed by atoms with Gasteiger partial charge in [-0.3, -0.25) is 0 Å². The Morgan fingerprint density at radius 2 is 1.88 bits per heavy atom. The molecule has 180 valence electrons. The number of aryl methyl sites for hydroxylation is 1. The van der Waals surface area contributed by atoms with Gasteiger partial charge >= 0.3 is 0 Å². The lowest BCUT2D eigenvalue weighted by molar-refractivity contribution is 0.306. The zero-order chi connectivity index (χ0) is 23.2. The maximum atomic E-state index is 6.24. The third kappa shape index (κ3) is 3.87. The number of aromatic nitrogens is 5. The van der Waals surface area contributed by atoms with Crippen LogP contribution in [0.15, 0.2) is 24.4 Å². The zero-order valence-electron chi connectivity index (χ0n) is 20.6. The number of benzene rings is 1. The van der Waals surface area contributed by atoms with Crippen molar-refractivity contribution in [1.29, 1.82) is 0 Å². The van der Waals surface area contributed by atoms with E-state index in [-0.39, 0.29) is 6.04 Å². The topological polar surface area (TPSA) is 64.2 Å². The summed E-state index contributed by atoms with van der Waals surface area (Å²) >= 11 is 0. The minimum Gasteiger partial charge on any atom is -0.491 e. The number of likely N-dealkylation sites (tertiary alicyclic amines) is 1. The maximum absolute atomic E-state index is 6.24. The molecule has 3 aliphatic rings. The van der Waals surface area contributed by atoms with E-state index in [1.165, 1.54) is 51.0 Å². The highest BCUT2D eigenvalue weighted by molar-refractivity contribution is 5.72. The highest BCUT2D eigenvalue weighted by Crippen LogP contribution is 2.38. The molecule has 5 heterocycles. The first-order valence-electron chi connectivity index (χ1n) is 12.8. The summed E-state index contributed by atoms with van der Waals surface area (Å²) in [7, 11) is 0. The van der Waals surface area contributed by atoms with Crippen molar-refractivity contribution in [2.24, 2.45) is 0 Å². The Morgan fingerprint density at radius 3 is 2.71 bits per heavy atom. The van der Waals surface area contributed by atoms with Crippen molar-refractivity contribution in [2.45, 2.75) is 65.1 Å². The van der Waals surface area contributed by atoms with Crippen LogP contribution in [0.2, 0.25) is 0 Å². The van der Waals surface area contributed by atoms with E-state index >= 15 is 0 Å². The van der Waals surface area contributed by atoms with Gasteiger partial charge in [-0.05, 0) is 71.7 Å². The van der Waals surface area contributed by atoms with Crippen LogP contribution in [0, 0.1) is 6.92 Å². The normalized spacial score (nSPS) is 20.5. The van der Waals surface area contributed by atoms with Gasteiger partial charge < -0.3 is 19.1 Å². The third-order valence-corrected chi connectivity index (χ3v) is 7.40. The Bertz CT molecular complexity index is 1170. The molecule has 3 aliphatic heterocycles. The molecule has 2 aromatic heterocycles. The number of ether oxygens (including phenoxy) is 1. The predicted molar refractivity (Wildman–Crippen MR) is 133 cm³/mol. The fraction of sp³-hybridized carbons (Fsp3) is 0.577. The van der Waals surface area contributed by atoms with Gasteiger partial charge in [-0.2, -0.15) is 5.10 Å². The number of hydrogen-bond acceptors (Lipinski definition) is 6. The van der Waals surface area contributed by atoms with Crippen molar-refractivity contribution < 1.29 is 4.74 Å². The van der Waals surface area contributed by atoms with Crippen LogP contribution in [0.25, 0.3) is 22.9 Å². The molecule has 0 saturated carbocycles. The fourth-order valence-electron chi connectivity index (χ4n) is 5.75. The quantitative estimate of drug-likeness (QED) is 0.569. The molecular weight excluding hydrogens is 426 g/mol. The first kappa shape index (κ1) is 21.6. The molecule has 2 saturated heterocycles. The molecule has 3 aromatic rings. The lowest BCUT2D eigenvalue weighted by Crippen LogP contribution is -2.39. The van der Waals surface area contributed by atoms with Gasteiger partial charge in [-0.1, -0.05) is 0 Å². The number of nitrogens with zero attached hydrogens (tertiary/aromatic N) is 7. The largest absolute Gasteiger partial charge is 0.491 e. The molecule has 0 bridgehead atoms. The van der Waals surface area contributed by atoms with Crippen molar-refractivity contribution in [2.75, 3.05) is 37.7 Å². The summed E-state index contributed by atoms with van der Waals surface area (Å²) in [6, 6.07) is 7.52. The summed E-state index contributed by atoms with van der Waals surface area (Å²) in [5, 5.41) is 4.58. The van der Waals surface area contributed by atoms with Crippen LogP contribution in [0.5, 0.6) is 5.75 Å². The summed E-state index contributed by atoms with van der Waals surface area (Å²) in [5.74, 6) is 3.48. The molecule has 1 atom stereocenters. The molecule has 1 unspecified atom stereocenters. The smallest absolute Gasteiger partial charge is 0.178 e. The molecule has 2 fully saturated rings. The van der Waals surface area contributed by atoms with Crippen molar-refractivity contribution in [3.05, 3.63) is 30.2 Å². The Kier molecular flexibility index (Phi) is 5.56. The molecule has 0 N–H and O–H groups in total. The molecule has 0 spiro atoms. The molecule has 6 rings (SSSR count). The third-order valence-electron chi connectivity index (χ3n) is 7.40. The minimum absolute atomic E-state index is 0.227. The van der Waals surface area contributed by atoms with E-state index in [2.05, 4.69) is 62.7 Å². The summed E-state index contributed by atoms with van der Waals surface area (Å²) < 4.78 is 10.4. The minimum atomic E-state index is 0.227. The van der Waals surface area contributed by atoms with Crippen molar-refractivity contribution in [1.82, 2.24) is 29.2 Å². The molecule has 0 aliphatic carbocycles. The van der Waals surface area contributed by atoms with E-state index in [9.17, 15) is 0 Å². The van der Waals surface area contributed by atoms with Gasteiger partial charge in [0.05, 0.1) is 12.1 Å². The van der Waals surface area contributed by atoms with E-state index in [4.69, 9.17) is 9.72 Å². The molecule has 0 amide bonds. The summed E-state index contributed by atoms with van der Waals surface area (Å²) in [4.78, 5) is 14.9. The molecule has 8 heteroatoms. The van der Waals surface area contributed by atoms with E-state index in [1.807, 2.05) is 11.6 Å². The van der Waals surface area contributed by atoms with Crippen LogP contribution in [-0.2, 0) is 6.54 Å². The van der Waals surface area contributed by atoms with Gasteiger partial charge in [-0.25, -0.2) is 14.6 Å². The predicted octanol–water partition coefficient (Wildman–Crippen LogP) is 4.15. The van der Waals surface area contributed by atoms with Gasteiger partial charge in [0.15, 0.2) is 5.82 Å². The second-order valence-corrected chi connectivity index (χ2v) is 10.2. The molecular formula is C26H35N7O. The highest BCUT2D eigenvalue weighted by Gasteiger charge is 2.29. The van der Waals surface area contributed by atoms with E-state index < -0.39 is 0 Å². The lowest BCUT2D eigenvalue weighted by atomic mass is 10.1. The van der Waals surface area contributed by atoms with Crippen molar-refractivity contribution in [3.63, 3.8) is 0 Å². The Morgan fingerprint density at radius 1 is 1.03 bits per heavy atom. The number of hydrogen-bond donors (Lipinski definition) is 0. The second kappa shape index (κ2) is 8.73. The van der Waals surface area contributed by atoms with E-state index in [0.29, 0.717) is 12.6 Å². The van der Waals surface area contributed by atoms with Gasteiger partial charge in [0.25, 0.3) is 0 Å². The van der Waals surface area contributed by atoms with Crippen LogP contribution >= 0.6 is 0 Å². The van der Waals surface area contributed by atoms with Gasteiger partial charge in [0, 0.05) is 43.1 Å². The van der Waals surface area contributed by atoms with Crippen LogP contribution in [0.3, 0.4) is 0 Å². The summed E-state index contributed by atoms with van der Waals surface area (Å²) in [6.45, 7) is 12.4. The van der Waals surface area contributed by atoms with Crippen molar-refractivity contribution in [3.8, 4) is 28.7 Å². The number of anilines is 1. The van der Waals surface area contributed by atoms with Crippen LogP contribution in [0.4, 0.5) is 5.69 Å². The number of imidazole rings is 1. The van der Waals surface area contributed by atoms with Crippen molar-refractivity contribution >= 4 is 5.69 Å². The second-order valence-electron chi connectivity index (χ2n) is 10.2. The van der Waals surface area contributed by atoms with Crippen LogP contribution < -0.4 is 9.64 Å². The van der Waals surface area contributed by atoms with E-state index in [0.717, 1.165) is 47.6 Å². The average molecular weight is 462 g/mol. The number of fused-ring (bicyclic) bond motifs is 3. The number of rotatable bonds is 5. The monoisotopic (exact) mass is 461 g/mol. The Labute approximate surface area is 201 Å². The lowest BCUT2D eigenvalue weighted by Gasteiger charge is -2.30.